The van der Waals surface area contributed by atoms with E-state index in [1.807, 2.05) is 13.8 Å². The lowest BCUT2D eigenvalue weighted by atomic mass is 11.0. The largest absolute Gasteiger partial charge is 0.329 e. The number of rotatable bonds is 4. The minimum absolute atomic E-state index is 0.709. The summed E-state index contributed by atoms with van der Waals surface area (Å²) in [6, 6.07) is 0. The van der Waals surface area contributed by atoms with Gasteiger partial charge in [0.15, 0.2) is 0 Å². The first-order chi connectivity index (χ1) is 4.12. The second-order valence-corrected chi connectivity index (χ2v) is 9.12. The van der Waals surface area contributed by atoms with Gasteiger partial charge in [0, 0.05) is 11.5 Å². The Labute approximate surface area is 63.7 Å². The summed E-state index contributed by atoms with van der Waals surface area (Å²) in [5, 5.41) is 0. The van der Waals surface area contributed by atoms with Crippen LogP contribution < -0.4 is 0 Å². The summed E-state index contributed by atoms with van der Waals surface area (Å²) >= 11 is 2.26. The molecule has 9 heavy (non-hydrogen) atoms. The van der Waals surface area contributed by atoms with Gasteiger partial charge in [0.2, 0.25) is 0 Å². The van der Waals surface area contributed by atoms with Gasteiger partial charge in [-0.3, -0.25) is 4.57 Å². The first-order valence-electron chi connectivity index (χ1n) is 2.74. The first kappa shape index (κ1) is 9.89. The van der Waals surface area contributed by atoms with Gasteiger partial charge in [-0.1, -0.05) is 36.6 Å². The van der Waals surface area contributed by atoms with Crippen LogP contribution >= 0.6 is 28.5 Å². The minimum atomic E-state index is -2.86. The molecule has 0 amide bonds. The Morgan fingerprint density at radius 1 is 1.33 bits per heavy atom. The standard InChI is InChI=1S/C4H11O2PS2/c1-3-8-7(5,6)9-4-2/h3-4H2,1-2H3,(H,5,6). The van der Waals surface area contributed by atoms with E-state index in [0.717, 1.165) is 22.8 Å². The van der Waals surface area contributed by atoms with Gasteiger partial charge in [-0.05, 0) is 0 Å². The highest BCUT2D eigenvalue weighted by Crippen LogP contribution is 2.65. The van der Waals surface area contributed by atoms with Crippen molar-refractivity contribution in [3.05, 3.63) is 0 Å². The van der Waals surface area contributed by atoms with Crippen LogP contribution in [0.15, 0.2) is 0 Å². The summed E-state index contributed by atoms with van der Waals surface area (Å²) in [6.07, 6.45) is 0. The van der Waals surface area contributed by atoms with E-state index in [2.05, 4.69) is 0 Å². The highest BCUT2D eigenvalue weighted by molar-refractivity contribution is 8.88. The SMILES string of the molecule is CCSP(=O)(O)SCC. The average Bonchev–Trinajstić information content (AvgIpc) is 1.64. The Morgan fingerprint density at radius 2 is 1.67 bits per heavy atom. The molecular weight excluding hydrogens is 175 g/mol. The van der Waals surface area contributed by atoms with E-state index in [4.69, 9.17) is 4.89 Å². The molecule has 0 aromatic rings. The topological polar surface area (TPSA) is 37.3 Å². The molecule has 0 aliphatic heterocycles. The summed E-state index contributed by atoms with van der Waals surface area (Å²) in [5.74, 6) is -1.44. The molecule has 0 aromatic carbocycles. The van der Waals surface area contributed by atoms with Crippen molar-refractivity contribution in [1.29, 1.82) is 0 Å². The molecule has 0 aliphatic rings. The molecule has 0 saturated carbocycles. The second-order valence-electron chi connectivity index (χ2n) is 1.30. The van der Waals surface area contributed by atoms with Crippen LogP contribution in [-0.2, 0) is 4.57 Å². The summed E-state index contributed by atoms with van der Waals surface area (Å²) in [4.78, 5) is 9.00. The predicted octanol–water partition coefficient (Wildman–Crippen LogP) is 2.59. The maximum Gasteiger partial charge on any atom is 0.310 e. The van der Waals surface area contributed by atoms with Gasteiger partial charge in [-0.25, -0.2) is 0 Å². The molecule has 0 unspecified atom stereocenters. The molecule has 56 valence electrons. The van der Waals surface area contributed by atoms with Crippen molar-refractivity contribution in [2.75, 3.05) is 11.5 Å². The van der Waals surface area contributed by atoms with Crippen LogP contribution in [0.5, 0.6) is 0 Å². The normalized spacial score (nSPS) is 11.9. The van der Waals surface area contributed by atoms with Gasteiger partial charge in [0.25, 0.3) is 0 Å². The third-order valence-corrected chi connectivity index (χ3v) is 7.16. The molecule has 2 nitrogen and oxygen atoms in total. The maximum atomic E-state index is 10.9. The van der Waals surface area contributed by atoms with Crippen LogP contribution in [0.4, 0.5) is 0 Å². The second kappa shape index (κ2) is 4.67. The van der Waals surface area contributed by atoms with Gasteiger partial charge >= 0.3 is 5.77 Å². The highest BCUT2D eigenvalue weighted by Gasteiger charge is 2.16. The van der Waals surface area contributed by atoms with E-state index in [-0.39, 0.29) is 0 Å². The zero-order chi connectivity index (χ0) is 7.33. The summed E-state index contributed by atoms with van der Waals surface area (Å²) < 4.78 is 10.9. The zero-order valence-electron chi connectivity index (χ0n) is 5.53. The Bertz CT molecular complexity index is 107. The van der Waals surface area contributed by atoms with Crippen molar-refractivity contribution in [2.24, 2.45) is 0 Å². The van der Waals surface area contributed by atoms with Crippen LogP contribution in [0.25, 0.3) is 0 Å². The Kier molecular flexibility index (Phi) is 5.13. The van der Waals surface area contributed by atoms with Crippen molar-refractivity contribution >= 4 is 28.5 Å². The van der Waals surface area contributed by atoms with Crippen molar-refractivity contribution < 1.29 is 9.46 Å². The smallest absolute Gasteiger partial charge is 0.310 e. The molecule has 0 saturated heterocycles. The molecule has 0 bridgehead atoms. The van der Waals surface area contributed by atoms with Crippen molar-refractivity contribution in [2.45, 2.75) is 13.8 Å². The zero-order valence-corrected chi connectivity index (χ0v) is 8.06. The van der Waals surface area contributed by atoms with E-state index >= 15 is 0 Å². The molecule has 5 heteroatoms. The van der Waals surface area contributed by atoms with Crippen LogP contribution in [0.2, 0.25) is 0 Å². The average molecular weight is 186 g/mol. The van der Waals surface area contributed by atoms with Gasteiger partial charge in [0.05, 0.1) is 0 Å². The van der Waals surface area contributed by atoms with Gasteiger partial charge in [-0.15, -0.1) is 0 Å². The van der Waals surface area contributed by atoms with Crippen LogP contribution in [0.1, 0.15) is 13.8 Å². The van der Waals surface area contributed by atoms with E-state index in [1.165, 1.54) is 0 Å². The van der Waals surface area contributed by atoms with E-state index in [1.54, 1.807) is 0 Å². The van der Waals surface area contributed by atoms with Crippen molar-refractivity contribution in [1.82, 2.24) is 0 Å². The first-order valence-corrected chi connectivity index (χ1v) is 7.58. The van der Waals surface area contributed by atoms with E-state index in [9.17, 15) is 4.57 Å². The van der Waals surface area contributed by atoms with E-state index < -0.39 is 5.77 Å². The summed E-state index contributed by atoms with van der Waals surface area (Å²) in [5.41, 5.74) is 0. The van der Waals surface area contributed by atoms with E-state index in [0.29, 0.717) is 11.5 Å². The fourth-order valence-electron chi connectivity index (χ4n) is 0.364. The Balaban J connectivity index is 3.58. The molecule has 0 rings (SSSR count). The number of hydrogen-bond donors (Lipinski definition) is 1. The molecule has 0 fully saturated rings. The molecular formula is C4H11O2PS2. The van der Waals surface area contributed by atoms with Crippen LogP contribution in [0, 0.1) is 0 Å². The summed E-state index contributed by atoms with van der Waals surface area (Å²) in [6.45, 7) is 3.76. The lowest BCUT2D eigenvalue weighted by Gasteiger charge is -2.04. The van der Waals surface area contributed by atoms with Gasteiger partial charge in [-0.2, -0.15) is 0 Å². The third kappa shape index (κ3) is 5.34. The molecule has 0 aliphatic carbocycles. The lowest BCUT2D eigenvalue weighted by molar-refractivity contribution is 0.514. The maximum absolute atomic E-state index is 10.9. The highest BCUT2D eigenvalue weighted by atomic mass is 33.1. The lowest BCUT2D eigenvalue weighted by Crippen LogP contribution is -1.70. The molecule has 0 atom stereocenters. The van der Waals surface area contributed by atoms with Crippen LogP contribution in [0.3, 0.4) is 0 Å². The third-order valence-electron chi connectivity index (χ3n) is 0.584. The van der Waals surface area contributed by atoms with Crippen molar-refractivity contribution in [3.63, 3.8) is 0 Å². The quantitative estimate of drug-likeness (QED) is 0.685. The van der Waals surface area contributed by atoms with Gasteiger partial charge < -0.3 is 4.89 Å². The predicted molar refractivity (Wildman–Crippen MR) is 46.1 cm³/mol. The Hall–Kier alpha value is 0.890. The molecule has 0 aromatic heterocycles. The van der Waals surface area contributed by atoms with Crippen LogP contribution in [-0.4, -0.2) is 16.4 Å². The van der Waals surface area contributed by atoms with Gasteiger partial charge in [0.1, 0.15) is 0 Å². The minimum Gasteiger partial charge on any atom is -0.329 e. The monoisotopic (exact) mass is 186 g/mol. The molecule has 0 radical (unpaired) electrons. The summed E-state index contributed by atoms with van der Waals surface area (Å²) in [7, 11) is 0. The molecule has 0 spiro atoms. The fraction of sp³-hybridized carbons (Fsp3) is 1.00. The number of hydrogen-bond acceptors (Lipinski definition) is 3. The molecule has 0 heterocycles. The fourth-order valence-corrected chi connectivity index (χ4v) is 5.84. The molecule has 1 N–H and O–H groups in total. The Morgan fingerprint density at radius 3 is 1.89 bits per heavy atom. The van der Waals surface area contributed by atoms with Crippen molar-refractivity contribution in [3.8, 4) is 0 Å².